The van der Waals surface area contributed by atoms with E-state index in [9.17, 15) is 10.1 Å². The fourth-order valence-corrected chi connectivity index (χ4v) is 6.33. The molecule has 2 aromatic heterocycles. The Hall–Kier alpha value is -2.54. The van der Waals surface area contributed by atoms with E-state index < -0.39 is 0 Å². The van der Waals surface area contributed by atoms with Crippen molar-refractivity contribution in [1.82, 2.24) is 14.8 Å². The van der Waals surface area contributed by atoms with Crippen molar-refractivity contribution < 1.29 is 9.53 Å². The van der Waals surface area contributed by atoms with Crippen molar-refractivity contribution in [3.63, 3.8) is 0 Å². The molecule has 1 N–H and O–H groups in total. The third-order valence-electron chi connectivity index (χ3n) is 5.76. The second-order valence-electron chi connectivity index (χ2n) is 8.37. The van der Waals surface area contributed by atoms with Gasteiger partial charge >= 0.3 is 0 Å². The Labute approximate surface area is 212 Å². The van der Waals surface area contributed by atoms with E-state index in [0.717, 1.165) is 30.4 Å². The number of ether oxygens (including phenoxy) is 1. The summed E-state index contributed by atoms with van der Waals surface area (Å²) in [4.78, 5) is 13.9. The second kappa shape index (κ2) is 10.8. The van der Waals surface area contributed by atoms with Crippen LogP contribution in [0.4, 0.5) is 5.00 Å². The number of aryl methyl sites for hydroxylation is 1. The van der Waals surface area contributed by atoms with Crippen molar-refractivity contribution in [1.29, 1.82) is 5.26 Å². The molecule has 0 aliphatic heterocycles. The lowest BCUT2D eigenvalue weighted by Crippen LogP contribution is -2.15. The van der Waals surface area contributed by atoms with E-state index in [1.54, 1.807) is 6.07 Å². The summed E-state index contributed by atoms with van der Waals surface area (Å²) in [6.45, 7) is 7.06. The van der Waals surface area contributed by atoms with Gasteiger partial charge in [-0.3, -0.25) is 4.79 Å². The predicted molar refractivity (Wildman–Crippen MR) is 136 cm³/mol. The van der Waals surface area contributed by atoms with Crippen LogP contribution >= 0.6 is 34.7 Å². The predicted octanol–water partition coefficient (Wildman–Crippen LogP) is 5.63. The number of thiophene rings is 1. The minimum Gasteiger partial charge on any atom is -0.484 e. The van der Waals surface area contributed by atoms with Gasteiger partial charge in [-0.2, -0.15) is 5.26 Å². The fraction of sp³-hybridized carbons (Fsp3) is 0.417. The van der Waals surface area contributed by atoms with E-state index in [4.69, 9.17) is 16.3 Å². The van der Waals surface area contributed by atoms with E-state index in [0.29, 0.717) is 44.8 Å². The topological polar surface area (TPSA) is 92.8 Å². The van der Waals surface area contributed by atoms with E-state index in [-0.39, 0.29) is 18.3 Å². The largest absolute Gasteiger partial charge is 0.484 e. The van der Waals surface area contributed by atoms with E-state index >= 15 is 0 Å². The molecule has 4 rings (SSSR count). The number of hydrogen-bond acceptors (Lipinski definition) is 7. The zero-order chi connectivity index (χ0) is 24.2. The minimum absolute atomic E-state index is 0.164. The lowest BCUT2D eigenvalue weighted by Gasteiger charge is -2.17. The molecule has 1 aromatic carbocycles. The van der Waals surface area contributed by atoms with Gasteiger partial charge in [-0.15, -0.1) is 21.5 Å². The normalized spacial score (nSPS) is 15.0. The highest BCUT2D eigenvalue weighted by atomic mass is 35.5. The van der Waals surface area contributed by atoms with Gasteiger partial charge in [-0.1, -0.05) is 36.4 Å². The minimum atomic E-state index is -0.164. The first kappa shape index (κ1) is 24.6. The summed E-state index contributed by atoms with van der Waals surface area (Å²) < 4.78 is 7.79. The molecule has 2 heterocycles. The van der Waals surface area contributed by atoms with Gasteiger partial charge < -0.3 is 14.6 Å². The van der Waals surface area contributed by atoms with Crippen molar-refractivity contribution in [2.75, 3.05) is 11.1 Å². The Balaban J connectivity index is 1.38. The molecule has 1 amide bonds. The number of halogens is 1. The number of carbonyl (C=O) groups excluding carboxylic acids is 1. The Morgan fingerprint density at radius 2 is 2.26 bits per heavy atom. The number of anilines is 1. The monoisotopic (exact) mass is 515 g/mol. The average Bonchev–Trinajstić information content (AvgIpc) is 3.37. The van der Waals surface area contributed by atoms with Gasteiger partial charge in [0.2, 0.25) is 5.91 Å². The number of amides is 1. The summed E-state index contributed by atoms with van der Waals surface area (Å²) in [6.07, 6.45) is 2.95. The van der Waals surface area contributed by atoms with Gasteiger partial charge in [0, 0.05) is 11.4 Å². The smallest absolute Gasteiger partial charge is 0.235 e. The number of nitrogens with zero attached hydrogens (tertiary/aromatic N) is 4. The molecule has 0 radical (unpaired) electrons. The van der Waals surface area contributed by atoms with Crippen LogP contribution in [0.1, 0.15) is 47.7 Å². The molecule has 0 fully saturated rings. The highest BCUT2D eigenvalue weighted by Crippen LogP contribution is 2.39. The van der Waals surface area contributed by atoms with Crippen LogP contribution in [0, 0.1) is 24.2 Å². The maximum atomic E-state index is 12.7. The van der Waals surface area contributed by atoms with Crippen molar-refractivity contribution in [3.8, 4) is 11.8 Å². The molecule has 0 bridgehead atoms. The number of thioether (sulfide) groups is 1. The van der Waals surface area contributed by atoms with Crippen LogP contribution in [0.2, 0.25) is 5.02 Å². The first-order chi connectivity index (χ1) is 16.4. The van der Waals surface area contributed by atoms with E-state index in [1.807, 2.05) is 30.5 Å². The third kappa shape index (κ3) is 5.40. The maximum Gasteiger partial charge on any atom is 0.235 e. The summed E-state index contributed by atoms with van der Waals surface area (Å²) in [5, 5.41) is 22.9. The first-order valence-electron chi connectivity index (χ1n) is 11.2. The number of nitrogens with one attached hydrogen (secondary N) is 1. The van der Waals surface area contributed by atoms with Crippen LogP contribution in [0.3, 0.4) is 0 Å². The lowest BCUT2D eigenvalue weighted by molar-refractivity contribution is -0.113. The number of fused-ring (bicyclic) bond motifs is 1. The lowest BCUT2D eigenvalue weighted by atomic mass is 9.89. The molecule has 1 unspecified atom stereocenters. The molecule has 1 aliphatic rings. The quantitative estimate of drug-likeness (QED) is 0.391. The molecule has 10 heteroatoms. The Bertz CT molecular complexity index is 1250. The zero-order valence-corrected chi connectivity index (χ0v) is 21.7. The molecule has 3 aromatic rings. The van der Waals surface area contributed by atoms with Crippen LogP contribution in [0.15, 0.2) is 23.4 Å². The van der Waals surface area contributed by atoms with Crippen LogP contribution in [0.5, 0.6) is 5.75 Å². The molecule has 7 nitrogen and oxygen atoms in total. The van der Waals surface area contributed by atoms with Gasteiger partial charge in [-0.25, -0.2) is 0 Å². The first-order valence-corrected chi connectivity index (χ1v) is 13.4. The van der Waals surface area contributed by atoms with Crippen molar-refractivity contribution in [2.45, 2.75) is 58.3 Å². The van der Waals surface area contributed by atoms with Crippen LogP contribution in [0.25, 0.3) is 0 Å². The third-order valence-corrected chi connectivity index (χ3v) is 8.21. The van der Waals surface area contributed by atoms with Gasteiger partial charge in [0.15, 0.2) is 11.0 Å². The van der Waals surface area contributed by atoms with E-state index in [2.05, 4.69) is 28.5 Å². The summed E-state index contributed by atoms with van der Waals surface area (Å²) in [6, 6.07) is 7.91. The number of hydrogen-bond donors (Lipinski definition) is 1. The van der Waals surface area contributed by atoms with Crippen LogP contribution in [-0.2, 0) is 30.8 Å². The fourth-order valence-electron chi connectivity index (χ4n) is 3.96. The van der Waals surface area contributed by atoms with Crippen molar-refractivity contribution in [2.24, 2.45) is 5.92 Å². The molecule has 34 heavy (non-hydrogen) atoms. The van der Waals surface area contributed by atoms with Gasteiger partial charge in [0.1, 0.15) is 23.4 Å². The second-order valence-corrected chi connectivity index (χ2v) is 10.8. The molecule has 1 aliphatic carbocycles. The number of benzene rings is 1. The van der Waals surface area contributed by atoms with E-state index in [1.165, 1.54) is 28.0 Å². The zero-order valence-electron chi connectivity index (χ0n) is 19.4. The summed E-state index contributed by atoms with van der Waals surface area (Å²) in [5.41, 5.74) is 2.79. The number of nitriles is 1. The molecular weight excluding hydrogens is 490 g/mol. The SMILES string of the molecule is CCn1c(COc2cc(C)ccc2Cl)nnc1SCC(=O)Nc1sc2c(c1C#N)CCC(C)C2. The van der Waals surface area contributed by atoms with Crippen molar-refractivity contribution in [3.05, 3.63) is 50.6 Å². The van der Waals surface area contributed by atoms with Crippen molar-refractivity contribution >= 4 is 45.6 Å². The Kier molecular flexibility index (Phi) is 7.81. The Morgan fingerprint density at radius 3 is 3.03 bits per heavy atom. The van der Waals surface area contributed by atoms with Crippen LogP contribution in [-0.4, -0.2) is 26.4 Å². The number of carbonyl (C=O) groups is 1. The Morgan fingerprint density at radius 1 is 1.44 bits per heavy atom. The summed E-state index contributed by atoms with van der Waals surface area (Å²) in [7, 11) is 0. The number of rotatable bonds is 8. The van der Waals surface area contributed by atoms with Gasteiger partial charge in [0.05, 0.1) is 16.3 Å². The van der Waals surface area contributed by atoms with Gasteiger partial charge in [0.25, 0.3) is 0 Å². The average molecular weight is 516 g/mol. The highest BCUT2D eigenvalue weighted by molar-refractivity contribution is 7.99. The molecule has 1 atom stereocenters. The highest BCUT2D eigenvalue weighted by Gasteiger charge is 2.25. The standard InChI is InChI=1S/C24H26ClN5O2S2/c1-4-30-21(12-32-19-9-14(2)6-8-18(19)25)28-29-24(30)33-13-22(31)27-23-17(11-26)16-7-5-15(3)10-20(16)34-23/h6,8-9,15H,4-5,7,10,12-13H2,1-3H3,(H,27,31). The molecule has 0 saturated heterocycles. The summed E-state index contributed by atoms with van der Waals surface area (Å²) >= 11 is 9.07. The molecule has 178 valence electrons. The van der Waals surface area contributed by atoms with Gasteiger partial charge in [-0.05, 0) is 62.3 Å². The summed E-state index contributed by atoms with van der Waals surface area (Å²) in [5.74, 6) is 1.88. The number of aromatic nitrogens is 3. The molecular formula is C24H26ClN5O2S2. The van der Waals surface area contributed by atoms with Crippen LogP contribution < -0.4 is 10.1 Å². The maximum absolute atomic E-state index is 12.7. The molecule has 0 saturated carbocycles. The molecule has 0 spiro atoms.